The zero-order chi connectivity index (χ0) is 17.4. The van der Waals surface area contributed by atoms with Crippen molar-refractivity contribution in [2.24, 2.45) is 4.99 Å². The van der Waals surface area contributed by atoms with Crippen molar-refractivity contribution in [3.05, 3.63) is 58.9 Å². The zero-order valence-electron chi connectivity index (χ0n) is 14.2. The van der Waals surface area contributed by atoms with Gasteiger partial charge in [0.1, 0.15) is 11.8 Å². The first-order valence-electron chi connectivity index (χ1n) is 8.51. The molecule has 3 atom stereocenters. The van der Waals surface area contributed by atoms with Crippen LogP contribution >= 0.6 is 23.4 Å². The van der Waals surface area contributed by atoms with Crippen LogP contribution in [0.1, 0.15) is 37.2 Å². The molecule has 4 rings (SSSR count). The minimum Gasteiger partial charge on any atom is -0.492 e. The van der Waals surface area contributed by atoms with Crippen LogP contribution < -0.4 is 4.74 Å². The minimum atomic E-state index is -0.00906. The fraction of sp³-hybridized carbons (Fsp3) is 0.368. The van der Waals surface area contributed by atoms with Crippen LogP contribution in [0.3, 0.4) is 0 Å². The van der Waals surface area contributed by atoms with Gasteiger partial charge in [-0.15, -0.1) is 0 Å². The molecule has 2 aromatic rings. The molecule has 1 aromatic heterocycles. The van der Waals surface area contributed by atoms with Crippen LogP contribution in [0, 0.1) is 0 Å². The summed E-state index contributed by atoms with van der Waals surface area (Å²) in [4.78, 5) is 11.9. The summed E-state index contributed by atoms with van der Waals surface area (Å²) in [6.45, 7) is 5.79. The number of amidine groups is 1. The molecule has 25 heavy (non-hydrogen) atoms. The lowest BCUT2D eigenvalue weighted by Crippen LogP contribution is -2.28. The Morgan fingerprint density at radius 2 is 2.20 bits per heavy atom. The van der Waals surface area contributed by atoms with Gasteiger partial charge in [-0.1, -0.05) is 42.4 Å². The number of aliphatic imine (C=N–C) groups is 1. The van der Waals surface area contributed by atoms with E-state index in [0.29, 0.717) is 16.9 Å². The van der Waals surface area contributed by atoms with Crippen molar-refractivity contribution in [2.75, 3.05) is 13.2 Å². The van der Waals surface area contributed by atoms with Crippen LogP contribution in [-0.4, -0.2) is 33.5 Å². The molecule has 0 N–H and O–H groups in total. The summed E-state index contributed by atoms with van der Waals surface area (Å²) in [5.74, 6) is 0.727. The topological polar surface area (TPSA) is 37.7 Å². The number of halogens is 1. The zero-order valence-corrected chi connectivity index (χ0v) is 15.8. The van der Waals surface area contributed by atoms with E-state index in [1.54, 1.807) is 0 Å². The van der Waals surface area contributed by atoms with Crippen LogP contribution in [-0.2, 0) is 0 Å². The molecule has 0 unspecified atom stereocenters. The van der Waals surface area contributed by atoms with Gasteiger partial charge >= 0.3 is 0 Å². The molecular weight excluding hydrogens is 354 g/mol. The Balaban J connectivity index is 1.73. The van der Waals surface area contributed by atoms with E-state index in [4.69, 9.17) is 21.3 Å². The van der Waals surface area contributed by atoms with E-state index in [-0.39, 0.29) is 12.1 Å². The molecule has 4 nitrogen and oxygen atoms in total. The molecule has 0 bridgehead atoms. The predicted molar refractivity (Wildman–Crippen MR) is 104 cm³/mol. The first kappa shape index (κ1) is 16.7. The van der Waals surface area contributed by atoms with Gasteiger partial charge in [-0.3, -0.25) is 9.98 Å². The maximum atomic E-state index is 6.45. The van der Waals surface area contributed by atoms with Crippen LogP contribution in [0.25, 0.3) is 0 Å². The second kappa shape index (κ2) is 6.89. The molecule has 0 amide bonds. The van der Waals surface area contributed by atoms with Crippen LogP contribution in [0.5, 0.6) is 5.75 Å². The highest BCUT2D eigenvalue weighted by Crippen LogP contribution is 2.48. The van der Waals surface area contributed by atoms with Crippen molar-refractivity contribution in [1.82, 2.24) is 9.88 Å². The van der Waals surface area contributed by atoms with Gasteiger partial charge in [-0.05, 0) is 36.8 Å². The molecule has 130 valence electrons. The first-order valence-corrected chi connectivity index (χ1v) is 9.77. The van der Waals surface area contributed by atoms with Gasteiger partial charge < -0.3 is 9.64 Å². The van der Waals surface area contributed by atoms with E-state index in [0.717, 1.165) is 28.7 Å². The number of fused-ring (bicyclic) bond motifs is 1. The van der Waals surface area contributed by atoms with Gasteiger partial charge in [-0.2, -0.15) is 0 Å². The Morgan fingerprint density at radius 1 is 1.32 bits per heavy atom. The van der Waals surface area contributed by atoms with Crippen molar-refractivity contribution in [3.8, 4) is 5.75 Å². The molecule has 0 radical (unpaired) electrons. The molecule has 3 heterocycles. The summed E-state index contributed by atoms with van der Waals surface area (Å²) < 4.78 is 5.58. The van der Waals surface area contributed by atoms with Crippen molar-refractivity contribution in [3.63, 3.8) is 0 Å². The number of benzene rings is 1. The molecule has 2 aliphatic rings. The average molecular weight is 374 g/mol. The maximum Gasteiger partial charge on any atom is 0.160 e. The SMILES string of the molecule is CCOc1ccc([C@H]2[C@H](c3ccccn3)N=C3S[C@@H](C)CN32)cc1Cl. The fourth-order valence-electron chi connectivity index (χ4n) is 3.45. The monoisotopic (exact) mass is 373 g/mol. The molecule has 1 saturated heterocycles. The van der Waals surface area contributed by atoms with Crippen molar-refractivity contribution in [2.45, 2.75) is 31.2 Å². The highest BCUT2D eigenvalue weighted by atomic mass is 35.5. The highest BCUT2D eigenvalue weighted by Gasteiger charge is 2.43. The smallest absolute Gasteiger partial charge is 0.160 e. The van der Waals surface area contributed by atoms with Gasteiger partial charge in [0, 0.05) is 18.0 Å². The van der Waals surface area contributed by atoms with Crippen LogP contribution in [0.4, 0.5) is 0 Å². The van der Waals surface area contributed by atoms with Crippen LogP contribution in [0.2, 0.25) is 5.02 Å². The molecular formula is C19H20ClN3OS. The summed E-state index contributed by atoms with van der Waals surface area (Å²) in [6.07, 6.45) is 1.83. The molecule has 1 aromatic carbocycles. The Hall–Kier alpha value is -1.72. The predicted octanol–water partition coefficient (Wildman–Crippen LogP) is 4.72. The number of pyridine rings is 1. The molecule has 0 saturated carbocycles. The number of rotatable bonds is 4. The molecule has 1 fully saturated rings. The van der Waals surface area contributed by atoms with Crippen molar-refractivity contribution < 1.29 is 4.74 Å². The van der Waals surface area contributed by atoms with E-state index in [1.165, 1.54) is 0 Å². The van der Waals surface area contributed by atoms with E-state index in [2.05, 4.69) is 22.9 Å². The summed E-state index contributed by atoms with van der Waals surface area (Å²) in [6, 6.07) is 12.2. The third-order valence-electron chi connectivity index (χ3n) is 4.48. The lowest BCUT2D eigenvalue weighted by molar-refractivity contribution is 0.319. The second-order valence-electron chi connectivity index (χ2n) is 6.26. The van der Waals surface area contributed by atoms with Gasteiger partial charge in [0.25, 0.3) is 0 Å². The summed E-state index contributed by atoms with van der Waals surface area (Å²) in [5, 5.41) is 2.30. The number of hydrogen-bond acceptors (Lipinski definition) is 5. The number of hydrogen-bond donors (Lipinski definition) is 0. The van der Waals surface area contributed by atoms with Gasteiger partial charge in [0.2, 0.25) is 0 Å². The van der Waals surface area contributed by atoms with E-state index >= 15 is 0 Å². The molecule has 0 aliphatic carbocycles. The largest absolute Gasteiger partial charge is 0.492 e. The third kappa shape index (κ3) is 3.11. The number of nitrogens with zero attached hydrogens (tertiary/aromatic N) is 3. The third-order valence-corrected chi connectivity index (χ3v) is 5.88. The van der Waals surface area contributed by atoms with E-state index < -0.39 is 0 Å². The normalized spacial score (nSPS) is 25.0. The lowest BCUT2D eigenvalue weighted by atomic mass is 9.96. The summed E-state index contributed by atoms with van der Waals surface area (Å²) in [5.41, 5.74) is 2.14. The number of ether oxygens (including phenoxy) is 1. The Kier molecular flexibility index (Phi) is 4.61. The average Bonchev–Trinajstić information content (AvgIpc) is 3.13. The Labute approximate surface area is 157 Å². The Morgan fingerprint density at radius 3 is 2.92 bits per heavy atom. The Bertz CT molecular complexity index is 799. The van der Waals surface area contributed by atoms with Crippen LogP contribution in [0.15, 0.2) is 47.6 Å². The minimum absolute atomic E-state index is 0.00906. The van der Waals surface area contributed by atoms with Gasteiger partial charge in [-0.25, -0.2) is 0 Å². The molecule has 2 aliphatic heterocycles. The van der Waals surface area contributed by atoms with E-state index in [9.17, 15) is 0 Å². The van der Waals surface area contributed by atoms with Gasteiger partial charge in [0.05, 0.1) is 23.4 Å². The summed E-state index contributed by atoms with van der Waals surface area (Å²) >= 11 is 8.29. The second-order valence-corrected chi connectivity index (χ2v) is 8.07. The highest BCUT2D eigenvalue weighted by molar-refractivity contribution is 8.14. The number of aromatic nitrogens is 1. The molecule has 6 heteroatoms. The molecule has 0 spiro atoms. The van der Waals surface area contributed by atoms with Crippen molar-refractivity contribution >= 4 is 28.5 Å². The van der Waals surface area contributed by atoms with Crippen molar-refractivity contribution in [1.29, 1.82) is 0 Å². The number of thioether (sulfide) groups is 1. The lowest BCUT2D eigenvalue weighted by Gasteiger charge is -2.27. The van der Waals surface area contributed by atoms with Gasteiger partial charge in [0.15, 0.2) is 5.17 Å². The standard InChI is InChI=1S/C19H20ClN3OS/c1-3-24-16-8-7-13(10-14(16)20)18-17(15-6-4-5-9-21-15)22-19-23(18)11-12(2)25-19/h4-10,12,17-18H,3,11H2,1-2H3/t12-,17-,18-/m0/s1. The quantitative estimate of drug-likeness (QED) is 0.776. The maximum absolute atomic E-state index is 6.45. The van der Waals surface area contributed by atoms with E-state index in [1.807, 2.05) is 55.2 Å². The fourth-order valence-corrected chi connectivity index (χ4v) is 4.79. The first-order chi connectivity index (χ1) is 12.2. The summed E-state index contributed by atoms with van der Waals surface area (Å²) in [7, 11) is 0.